The van der Waals surface area contributed by atoms with Gasteiger partial charge in [0.05, 0.1) is 46.5 Å². The lowest BCUT2D eigenvalue weighted by Crippen LogP contribution is -2.66. The number of likely N-dealkylation sites (tertiary alicyclic amines) is 2. The molecule has 7 N–H and O–H groups in total. The number of carbonyl (C=O) groups excluding carboxylic acids is 6. The minimum absolute atomic E-state index is 0.0321. The summed E-state index contributed by atoms with van der Waals surface area (Å²) in [7, 11) is 0. The third-order valence-corrected chi connectivity index (χ3v) is 20.7. The maximum atomic E-state index is 15.8. The largest absolute Gasteiger partial charge is 0.483 e. The van der Waals surface area contributed by atoms with Crippen LogP contribution in [0.2, 0.25) is 0 Å². The Morgan fingerprint density at radius 1 is 0.784 bits per heavy atom. The molecule has 2 aromatic heterocycles. The van der Waals surface area contributed by atoms with E-state index in [1.807, 2.05) is 43.3 Å². The summed E-state index contributed by atoms with van der Waals surface area (Å²) in [5.74, 6) is -1.88. The van der Waals surface area contributed by atoms with E-state index >= 15 is 8.78 Å². The second kappa shape index (κ2) is 30.0. The van der Waals surface area contributed by atoms with Gasteiger partial charge in [-0.15, -0.1) is 11.3 Å². The van der Waals surface area contributed by atoms with Crippen LogP contribution in [0.25, 0.3) is 10.4 Å². The van der Waals surface area contributed by atoms with Crippen LogP contribution in [0.3, 0.4) is 0 Å². The number of amides is 6. The molecule has 11 rings (SSSR count). The van der Waals surface area contributed by atoms with Gasteiger partial charge < -0.3 is 56.4 Å². The summed E-state index contributed by atoms with van der Waals surface area (Å²) in [6, 6.07) is 15.7. The van der Waals surface area contributed by atoms with E-state index in [2.05, 4.69) is 80.3 Å². The average Bonchev–Trinajstić information content (AvgIpc) is 1.77. The molecular formula is C70H92F3N15O8S. The topological polar surface area (TPSA) is 262 Å². The normalized spacial score (nSPS) is 20.6. The number of hydrogen-bond donors (Lipinski definition) is 7. The molecule has 0 radical (unpaired) electrons. The van der Waals surface area contributed by atoms with Gasteiger partial charge >= 0.3 is 0 Å². The van der Waals surface area contributed by atoms with Crippen LogP contribution in [-0.2, 0) is 54.9 Å². The number of aryl methyl sites for hydroxylation is 1. The Hall–Kier alpha value is -7.98. The molecule has 6 amide bonds. The molecule has 6 aliphatic rings. The highest BCUT2D eigenvalue weighted by molar-refractivity contribution is 7.13. The summed E-state index contributed by atoms with van der Waals surface area (Å²) in [6.45, 7) is 19.4. The number of hydrogen-bond acceptors (Lipinski definition) is 18. The van der Waals surface area contributed by atoms with Crippen LogP contribution in [-0.4, -0.2) is 203 Å². The first kappa shape index (κ1) is 70.3. The first-order valence-electron chi connectivity index (χ1n) is 33.8. The summed E-state index contributed by atoms with van der Waals surface area (Å²) in [6.07, 6.45) is 3.84. The average molecular weight is 1360 g/mol. The standard InChI is InChI=1S/C70H92F3N15O8S/c1-45-62(97-44-80-45)48-10-11-49(36-77-64(93)55-31-51(89)38-88(55)65(94)63(67(2,3)4)81-66(95)70(73)12-13-70)56(30-48)96-41-61(92)74-18-23-83-24-26-85(27-25-83)39-59(90)76-35-47-9-7-8-46(28-47)34-75-57-33-58(79-43-78-57)86-21-16-69(17-22-86)42-87(40-60(91)82-69)54-32-52(71)50(29-53(54)72)37-84-19-14-68(5,6)15-20-84/h7-11,28-30,32-33,43-44,51,55,63,89H,12-27,31,34-42H2,1-6H3,(H,74,92)(H,76,90)(H,77,93)(H,81,95)(H,82,91)(H,75,78,79)/t51-,55+,63-/m1/s1. The van der Waals surface area contributed by atoms with E-state index < -0.39 is 64.2 Å². The summed E-state index contributed by atoms with van der Waals surface area (Å²) in [4.78, 5) is 106. The second-order valence-electron chi connectivity index (χ2n) is 28.9. The van der Waals surface area contributed by atoms with Gasteiger partial charge in [-0.1, -0.05) is 71.0 Å². The minimum Gasteiger partial charge on any atom is -0.483 e. The molecular weight excluding hydrogens is 1270 g/mol. The van der Waals surface area contributed by atoms with Gasteiger partial charge in [0, 0.05) is 121 Å². The molecule has 6 fully saturated rings. The smallest absolute Gasteiger partial charge is 0.258 e. The highest BCUT2D eigenvalue weighted by Crippen LogP contribution is 2.41. The predicted molar refractivity (Wildman–Crippen MR) is 363 cm³/mol. The number of benzene rings is 3. The van der Waals surface area contributed by atoms with E-state index in [4.69, 9.17) is 4.74 Å². The van der Waals surface area contributed by atoms with E-state index in [1.165, 1.54) is 34.7 Å². The molecule has 5 saturated heterocycles. The van der Waals surface area contributed by atoms with Crippen molar-refractivity contribution in [3.63, 3.8) is 0 Å². The Balaban J connectivity index is 0.586. The van der Waals surface area contributed by atoms with Gasteiger partial charge in [0.2, 0.25) is 23.6 Å². The number of aliphatic hydroxyl groups excluding tert-OH is 1. The number of thiazole rings is 1. The van der Waals surface area contributed by atoms with Gasteiger partial charge in [-0.2, -0.15) is 0 Å². The van der Waals surface area contributed by atoms with Crippen LogP contribution in [0, 0.1) is 29.4 Å². The molecule has 5 aliphatic heterocycles. The highest BCUT2D eigenvalue weighted by atomic mass is 32.1. The predicted octanol–water partition coefficient (Wildman–Crippen LogP) is 5.44. The molecule has 5 aromatic rings. The van der Waals surface area contributed by atoms with E-state index in [0.29, 0.717) is 114 Å². The number of piperazine rings is 2. The van der Waals surface area contributed by atoms with Gasteiger partial charge in [-0.3, -0.25) is 43.5 Å². The maximum Gasteiger partial charge on any atom is 0.258 e. The molecule has 3 aromatic carbocycles. The van der Waals surface area contributed by atoms with Gasteiger partial charge in [0.15, 0.2) is 12.3 Å². The van der Waals surface area contributed by atoms with Crippen molar-refractivity contribution in [2.75, 3.05) is 113 Å². The number of carbonyl (C=O) groups is 6. The zero-order valence-corrected chi connectivity index (χ0v) is 57.2. The lowest BCUT2D eigenvalue weighted by molar-refractivity contribution is -0.145. The van der Waals surface area contributed by atoms with Crippen molar-refractivity contribution in [2.24, 2.45) is 10.8 Å². The number of anilines is 3. The van der Waals surface area contributed by atoms with Crippen molar-refractivity contribution in [2.45, 2.75) is 142 Å². The Kier molecular flexibility index (Phi) is 21.8. The van der Waals surface area contributed by atoms with Gasteiger partial charge in [0.1, 0.15) is 47.4 Å². The van der Waals surface area contributed by atoms with Crippen molar-refractivity contribution in [3.8, 4) is 16.2 Å². The summed E-state index contributed by atoms with van der Waals surface area (Å²) in [5.41, 5.74) is 3.12. The zero-order valence-electron chi connectivity index (χ0n) is 56.4. The maximum absolute atomic E-state index is 15.8. The first-order valence-corrected chi connectivity index (χ1v) is 34.7. The Labute approximate surface area is 569 Å². The van der Waals surface area contributed by atoms with E-state index in [9.17, 15) is 38.3 Å². The number of piperidine rings is 2. The third kappa shape index (κ3) is 18.0. The van der Waals surface area contributed by atoms with Crippen LogP contribution < -0.4 is 46.4 Å². The summed E-state index contributed by atoms with van der Waals surface area (Å²) in [5, 5.41) is 28.8. The summed E-state index contributed by atoms with van der Waals surface area (Å²) >= 11 is 1.46. The Bertz CT molecular complexity index is 3670. The Morgan fingerprint density at radius 2 is 1.52 bits per heavy atom. The SMILES string of the molecule is Cc1ncsc1-c1ccc(CNC(=O)[C@@H]2C[C@@H](O)CN2C(=O)[C@@H](NC(=O)C2(F)CC2)C(C)(C)C)c(OCC(=O)NCCN2CCN(CC(=O)NCc3cccc(CNc4cc(N5CCC6(CC5)CN(c5cc(F)c(CN7CCC(C)(C)CC7)cc5F)CC(=O)N6)ncn4)c3)CC2)c1. The molecule has 23 nitrogen and oxygen atoms in total. The quantitative estimate of drug-likeness (QED) is 0.0406. The fraction of sp³-hybridized carbons (Fsp3) is 0.557. The molecule has 522 valence electrons. The number of aromatic nitrogens is 3. The molecule has 1 saturated carbocycles. The van der Waals surface area contributed by atoms with Crippen LogP contribution in [0.4, 0.5) is 30.5 Å². The molecule has 0 bridgehead atoms. The van der Waals surface area contributed by atoms with Crippen molar-refractivity contribution in [3.05, 3.63) is 112 Å². The van der Waals surface area contributed by atoms with E-state index in [0.717, 1.165) is 59.0 Å². The highest BCUT2D eigenvalue weighted by Gasteiger charge is 2.53. The van der Waals surface area contributed by atoms with Crippen LogP contribution in [0.5, 0.6) is 5.75 Å². The number of halogens is 3. The number of nitrogens with zero attached hydrogens (tertiary/aromatic N) is 9. The van der Waals surface area contributed by atoms with Gasteiger partial charge in [-0.25, -0.2) is 28.1 Å². The van der Waals surface area contributed by atoms with Gasteiger partial charge in [-0.05, 0) is 98.2 Å². The molecule has 3 atom stereocenters. The summed E-state index contributed by atoms with van der Waals surface area (Å²) < 4.78 is 52.3. The van der Waals surface area contributed by atoms with E-state index in [-0.39, 0.29) is 80.9 Å². The number of alkyl halides is 1. The number of aliphatic hydroxyl groups is 1. The number of β-amino-alcohol motifs (C(OH)–C–C–N with tert-alkyl or cyclic N) is 1. The lowest BCUT2D eigenvalue weighted by Gasteiger charge is -2.48. The first-order chi connectivity index (χ1) is 46.3. The van der Waals surface area contributed by atoms with Crippen LogP contribution >= 0.6 is 11.3 Å². The molecule has 27 heteroatoms. The third-order valence-electron chi connectivity index (χ3n) is 19.8. The molecule has 1 aliphatic carbocycles. The molecule has 7 heterocycles. The monoisotopic (exact) mass is 1360 g/mol. The van der Waals surface area contributed by atoms with Crippen molar-refractivity contribution < 1.29 is 51.8 Å². The van der Waals surface area contributed by atoms with Gasteiger partial charge in [0.25, 0.3) is 11.8 Å². The van der Waals surface area contributed by atoms with Crippen molar-refractivity contribution in [1.29, 1.82) is 0 Å². The molecule has 0 unspecified atom stereocenters. The molecule has 97 heavy (non-hydrogen) atoms. The minimum atomic E-state index is -2.01. The Morgan fingerprint density at radius 3 is 2.23 bits per heavy atom. The number of nitrogens with one attached hydrogen (secondary N) is 6. The van der Waals surface area contributed by atoms with Crippen LogP contribution in [0.1, 0.15) is 108 Å². The number of rotatable bonds is 24. The van der Waals surface area contributed by atoms with Crippen molar-refractivity contribution >= 4 is 64.1 Å². The van der Waals surface area contributed by atoms with Crippen LogP contribution in [0.15, 0.2) is 72.5 Å². The fourth-order valence-corrected chi connectivity index (χ4v) is 14.3. The van der Waals surface area contributed by atoms with E-state index in [1.54, 1.807) is 43.3 Å². The fourth-order valence-electron chi connectivity index (χ4n) is 13.5. The molecule has 1 spiro atoms. The number of ether oxygens (including phenoxy) is 1. The zero-order chi connectivity index (χ0) is 68.8. The van der Waals surface area contributed by atoms with Crippen molar-refractivity contribution in [1.82, 2.24) is 61.1 Å². The lowest BCUT2D eigenvalue weighted by atomic mass is 9.82. The second-order valence-corrected chi connectivity index (χ2v) is 29.8.